The summed E-state index contributed by atoms with van der Waals surface area (Å²) in [6.45, 7) is 4.49. The number of aromatic nitrogens is 1. The topological polar surface area (TPSA) is 16.1 Å². The van der Waals surface area contributed by atoms with Gasteiger partial charge in [-0.15, -0.1) is 0 Å². The van der Waals surface area contributed by atoms with E-state index in [1.807, 2.05) is 6.92 Å². The van der Waals surface area contributed by atoms with Gasteiger partial charge in [-0.05, 0) is 47.8 Å². The molecule has 1 saturated carbocycles. The lowest BCUT2D eigenvalue weighted by atomic mass is 9.97. The summed E-state index contributed by atoms with van der Waals surface area (Å²) in [5.74, 6) is 1.14. The van der Waals surface area contributed by atoms with E-state index in [0.717, 1.165) is 16.0 Å². The molecule has 3 heteroatoms. The van der Waals surface area contributed by atoms with Crippen LogP contribution in [0.5, 0.6) is 0 Å². The van der Waals surface area contributed by atoms with Crippen LogP contribution in [0.3, 0.4) is 0 Å². The molecule has 0 amide bonds. The van der Waals surface area contributed by atoms with Crippen molar-refractivity contribution in [3.63, 3.8) is 0 Å². The second-order valence-corrected chi connectivity index (χ2v) is 5.45. The molecule has 3 rings (SSSR count). The molecule has 0 N–H and O–H groups in total. The van der Waals surface area contributed by atoms with Crippen molar-refractivity contribution >= 4 is 21.7 Å². The van der Waals surface area contributed by atoms with E-state index in [4.69, 9.17) is 0 Å². The van der Waals surface area contributed by atoms with Crippen molar-refractivity contribution < 1.29 is 0 Å². The summed E-state index contributed by atoms with van der Waals surface area (Å²) < 4.78 is 1.10. The lowest BCUT2D eigenvalue weighted by Crippen LogP contribution is -2.48. The van der Waals surface area contributed by atoms with E-state index in [1.165, 1.54) is 25.9 Å². The van der Waals surface area contributed by atoms with Gasteiger partial charge in [-0.25, -0.2) is 4.98 Å². The van der Waals surface area contributed by atoms with Gasteiger partial charge in [0.2, 0.25) is 0 Å². The Morgan fingerprint density at radius 1 is 1.36 bits per heavy atom. The van der Waals surface area contributed by atoms with Crippen LogP contribution >= 0.6 is 15.9 Å². The van der Waals surface area contributed by atoms with Gasteiger partial charge in [-0.1, -0.05) is 0 Å². The normalized spacial score (nSPS) is 22.3. The van der Waals surface area contributed by atoms with Crippen LogP contribution in [0.15, 0.2) is 16.6 Å². The smallest absolute Gasteiger partial charge is 0.128 e. The average Bonchev–Trinajstić information content (AvgIpc) is 2.87. The molecule has 1 aliphatic carbocycles. The maximum atomic E-state index is 4.57. The first-order valence-electron chi connectivity index (χ1n) is 5.07. The Morgan fingerprint density at radius 2 is 2.07 bits per heavy atom. The fraction of sp³-hybridized carbons (Fsp3) is 0.545. The van der Waals surface area contributed by atoms with Gasteiger partial charge in [0.1, 0.15) is 5.82 Å². The molecule has 0 aromatic carbocycles. The fourth-order valence-electron chi connectivity index (χ4n) is 2.13. The minimum absolute atomic E-state index is 0.711. The Hall–Kier alpha value is -0.570. The van der Waals surface area contributed by atoms with E-state index in [0.29, 0.717) is 5.41 Å². The van der Waals surface area contributed by atoms with Crippen molar-refractivity contribution in [2.75, 3.05) is 18.0 Å². The van der Waals surface area contributed by atoms with Gasteiger partial charge >= 0.3 is 0 Å². The second kappa shape index (κ2) is 2.72. The van der Waals surface area contributed by atoms with Gasteiger partial charge in [-0.3, -0.25) is 0 Å². The quantitative estimate of drug-likeness (QED) is 0.765. The fourth-order valence-corrected chi connectivity index (χ4v) is 2.35. The number of anilines is 1. The van der Waals surface area contributed by atoms with Crippen molar-refractivity contribution in [1.82, 2.24) is 4.98 Å². The standard InChI is InChI=1S/C11H13BrN2/c1-8-9(12)2-3-10(13-8)14-6-11(7-14)4-5-11/h2-3H,4-7H2,1H3. The lowest BCUT2D eigenvalue weighted by Gasteiger charge is -2.41. The van der Waals surface area contributed by atoms with Crippen molar-refractivity contribution in [3.8, 4) is 0 Å². The summed E-state index contributed by atoms with van der Waals surface area (Å²) in [6, 6.07) is 4.20. The molecule has 0 radical (unpaired) electrons. The summed E-state index contributed by atoms with van der Waals surface area (Å²) in [5, 5.41) is 0. The first kappa shape index (κ1) is 8.72. The molecule has 1 saturated heterocycles. The summed E-state index contributed by atoms with van der Waals surface area (Å²) >= 11 is 3.47. The zero-order valence-corrected chi connectivity index (χ0v) is 9.84. The minimum atomic E-state index is 0.711. The van der Waals surface area contributed by atoms with Gasteiger partial charge < -0.3 is 4.90 Å². The molecule has 74 valence electrons. The molecule has 0 unspecified atom stereocenters. The Morgan fingerprint density at radius 3 is 2.64 bits per heavy atom. The molecule has 1 aromatic rings. The highest BCUT2D eigenvalue weighted by molar-refractivity contribution is 9.10. The number of halogens is 1. The Balaban J connectivity index is 1.80. The van der Waals surface area contributed by atoms with Crippen molar-refractivity contribution in [2.24, 2.45) is 5.41 Å². The largest absolute Gasteiger partial charge is 0.355 e. The molecular weight excluding hydrogens is 240 g/mol. The van der Waals surface area contributed by atoms with E-state index in [-0.39, 0.29) is 0 Å². The van der Waals surface area contributed by atoms with Crippen LogP contribution in [0.2, 0.25) is 0 Å². The van der Waals surface area contributed by atoms with Crippen LogP contribution in [-0.2, 0) is 0 Å². The molecule has 1 spiro atoms. The van der Waals surface area contributed by atoms with E-state index >= 15 is 0 Å². The van der Waals surface area contributed by atoms with Crippen molar-refractivity contribution in [1.29, 1.82) is 0 Å². The molecule has 0 atom stereocenters. The van der Waals surface area contributed by atoms with Gasteiger partial charge in [0.15, 0.2) is 0 Å². The lowest BCUT2D eigenvalue weighted by molar-refractivity contribution is 0.384. The Bertz CT molecular complexity index is 377. The van der Waals surface area contributed by atoms with Gasteiger partial charge in [0.05, 0.1) is 5.69 Å². The first-order chi connectivity index (χ1) is 6.69. The molecular formula is C11H13BrN2. The molecule has 2 fully saturated rings. The van der Waals surface area contributed by atoms with Crippen molar-refractivity contribution in [3.05, 3.63) is 22.3 Å². The summed E-state index contributed by atoms with van der Waals surface area (Å²) in [6.07, 6.45) is 2.86. The second-order valence-electron chi connectivity index (χ2n) is 4.59. The summed E-state index contributed by atoms with van der Waals surface area (Å²) in [7, 11) is 0. The predicted molar refractivity (Wildman–Crippen MR) is 60.6 cm³/mol. The predicted octanol–water partition coefficient (Wildman–Crippen LogP) is 2.75. The zero-order chi connectivity index (χ0) is 9.76. The maximum Gasteiger partial charge on any atom is 0.128 e. The third-order valence-electron chi connectivity index (χ3n) is 3.34. The summed E-state index contributed by atoms with van der Waals surface area (Å²) in [5.41, 5.74) is 1.79. The van der Waals surface area contributed by atoms with Crippen LogP contribution in [-0.4, -0.2) is 18.1 Å². The third-order valence-corrected chi connectivity index (χ3v) is 4.18. The van der Waals surface area contributed by atoms with Crippen LogP contribution in [0.4, 0.5) is 5.82 Å². The van der Waals surface area contributed by atoms with E-state index in [2.05, 4.69) is 37.9 Å². The van der Waals surface area contributed by atoms with Crippen molar-refractivity contribution in [2.45, 2.75) is 19.8 Å². The van der Waals surface area contributed by atoms with Crippen LogP contribution in [0.1, 0.15) is 18.5 Å². The molecule has 0 bridgehead atoms. The highest BCUT2D eigenvalue weighted by atomic mass is 79.9. The SMILES string of the molecule is Cc1nc(N2CC3(CC3)C2)ccc1Br. The number of nitrogens with zero attached hydrogens (tertiary/aromatic N) is 2. The molecule has 14 heavy (non-hydrogen) atoms. The molecule has 2 nitrogen and oxygen atoms in total. The van der Waals surface area contributed by atoms with E-state index in [9.17, 15) is 0 Å². The van der Waals surface area contributed by atoms with Crippen LogP contribution in [0, 0.1) is 12.3 Å². The minimum Gasteiger partial charge on any atom is -0.355 e. The van der Waals surface area contributed by atoms with E-state index in [1.54, 1.807) is 0 Å². The molecule has 2 aliphatic rings. The number of rotatable bonds is 1. The number of hydrogen-bond donors (Lipinski definition) is 0. The Labute approximate surface area is 92.5 Å². The monoisotopic (exact) mass is 252 g/mol. The number of aryl methyl sites for hydroxylation is 1. The molecule has 2 heterocycles. The first-order valence-corrected chi connectivity index (χ1v) is 5.86. The van der Waals surface area contributed by atoms with Gasteiger partial charge in [0.25, 0.3) is 0 Å². The molecule has 1 aliphatic heterocycles. The Kier molecular flexibility index (Phi) is 1.69. The van der Waals surface area contributed by atoms with Crippen LogP contribution in [0.25, 0.3) is 0 Å². The maximum absolute atomic E-state index is 4.57. The number of pyridine rings is 1. The highest BCUT2D eigenvalue weighted by Crippen LogP contribution is 2.53. The number of hydrogen-bond acceptors (Lipinski definition) is 2. The van der Waals surface area contributed by atoms with E-state index < -0.39 is 0 Å². The average molecular weight is 253 g/mol. The van der Waals surface area contributed by atoms with Crippen LogP contribution < -0.4 is 4.90 Å². The molecule has 1 aromatic heterocycles. The highest BCUT2D eigenvalue weighted by Gasteiger charge is 2.52. The zero-order valence-electron chi connectivity index (χ0n) is 8.26. The summed E-state index contributed by atoms with van der Waals surface area (Å²) in [4.78, 5) is 6.95. The van der Waals surface area contributed by atoms with Gasteiger partial charge in [0, 0.05) is 23.0 Å². The third kappa shape index (κ3) is 1.26. The van der Waals surface area contributed by atoms with Gasteiger partial charge in [-0.2, -0.15) is 0 Å².